The molecule has 1 aliphatic carbocycles. The molecule has 7 nitrogen and oxygen atoms in total. The van der Waals surface area contributed by atoms with Crippen molar-refractivity contribution in [3.8, 4) is 11.1 Å². The molecule has 0 radical (unpaired) electrons. The van der Waals surface area contributed by atoms with E-state index in [1.165, 1.54) is 6.42 Å². The van der Waals surface area contributed by atoms with Gasteiger partial charge < -0.3 is 20.3 Å². The molecule has 0 atom stereocenters. The lowest BCUT2D eigenvalue weighted by Crippen LogP contribution is -2.53. The summed E-state index contributed by atoms with van der Waals surface area (Å²) in [6.07, 6.45) is 10.00. The van der Waals surface area contributed by atoms with E-state index in [1.54, 1.807) is 12.1 Å². The minimum absolute atomic E-state index is 0.113. The Hall–Kier alpha value is -4.13. The summed E-state index contributed by atoms with van der Waals surface area (Å²) < 4.78 is 2.30. The Labute approximate surface area is 254 Å². The normalized spacial score (nSPS) is 14.5. The van der Waals surface area contributed by atoms with E-state index in [9.17, 15) is 14.7 Å². The Morgan fingerprint density at radius 2 is 1.67 bits per heavy atom. The number of hydrogen-bond donors (Lipinski definition) is 3. The molecule has 5 rings (SSSR count). The predicted octanol–water partition coefficient (Wildman–Crippen LogP) is 7.82. The number of carbonyl (C=O) groups is 2. The van der Waals surface area contributed by atoms with Crippen molar-refractivity contribution in [2.24, 2.45) is 0 Å². The molecule has 1 fully saturated rings. The second-order valence-corrected chi connectivity index (χ2v) is 11.8. The van der Waals surface area contributed by atoms with Crippen molar-refractivity contribution in [2.75, 3.05) is 11.9 Å². The van der Waals surface area contributed by atoms with Crippen LogP contribution in [0.1, 0.15) is 93.4 Å². The maximum absolute atomic E-state index is 13.5. The van der Waals surface area contributed by atoms with Crippen LogP contribution in [0.15, 0.2) is 66.7 Å². The second-order valence-electron chi connectivity index (χ2n) is 11.8. The third-order valence-electron chi connectivity index (χ3n) is 8.69. The van der Waals surface area contributed by atoms with Crippen LogP contribution in [0.2, 0.25) is 0 Å². The molecule has 1 saturated carbocycles. The number of carbonyl (C=O) groups excluding carboxylic acids is 1. The number of anilines is 1. The highest BCUT2D eigenvalue weighted by molar-refractivity contribution is 5.96. The van der Waals surface area contributed by atoms with Gasteiger partial charge in [-0.1, -0.05) is 88.4 Å². The molecule has 7 heteroatoms. The van der Waals surface area contributed by atoms with Crippen LogP contribution in [-0.2, 0) is 17.8 Å². The van der Waals surface area contributed by atoms with E-state index in [0.717, 1.165) is 91.5 Å². The number of aromatic carboxylic acids is 1. The van der Waals surface area contributed by atoms with Crippen molar-refractivity contribution in [1.82, 2.24) is 14.9 Å². The molecule has 43 heavy (non-hydrogen) atoms. The number of imidazole rings is 1. The van der Waals surface area contributed by atoms with E-state index in [-0.39, 0.29) is 5.91 Å². The first-order chi connectivity index (χ1) is 20.9. The summed E-state index contributed by atoms with van der Waals surface area (Å²) >= 11 is 0. The van der Waals surface area contributed by atoms with Gasteiger partial charge in [-0.05, 0) is 66.6 Å². The first kappa shape index (κ1) is 30.3. The summed E-state index contributed by atoms with van der Waals surface area (Å²) in [7, 11) is 0. The van der Waals surface area contributed by atoms with Gasteiger partial charge in [0.25, 0.3) is 0 Å². The van der Waals surface area contributed by atoms with E-state index in [0.29, 0.717) is 24.2 Å². The van der Waals surface area contributed by atoms with Crippen LogP contribution in [0.25, 0.3) is 22.2 Å². The summed E-state index contributed by atoms with van der Waals surface area (Å²) in [5.74, 6) is 0.240. The highest BCUT2D eigenvalue weighted by atomic mass is 16.4. The van der Waals surface area contributed by atoms with Crippen molar-refractivity contribution < 1.29 is 14.7 Å². The molecule has 0 saturated heterocycles. The Morgan fingerprint density at radius 3 is 2.40 bits per heavy atom. The number of hydrogen-bond acceptors (Lipinski definition) is 4. The van der Waals surface area contributed by atoms with Crippen molar-refractivity contribution >= 4 is 28.6 Å². The number of nitrogens with zero attached hydrogens (tertiary/aromatic N) is 2. The Balaban J connectivity index is 1.45. The van der Waals surface area contributed by atoms with E-state index in [2.05, 4.69) is 59.4 Å². The molecule has 226 valence electrons. The summed E-state index contributed by atoms with van der Waals surface area (Å²) in [6.45, 7) is 5.70. The van der Waals surface area contributed by atoms with Gasteiger partial charge in [-0.15, -0.1) is 0 Å². The quantitative estimate of drug-likeness (QED) is 0.140. The van der Waals surface area contributed by atoms with Crippen LogP contribution < -0.4 is 10.6 Å². The number of carboxylic acid groups (broad SMARTS) is 1. The molecule has 1 amide bonds. The Bertz CT molecular complexity index is 1550. The molecule has 1 aromatic heterocycles. The molecule has 1 heterocycles. The zero-order valence-corrected chi connectivity index (χ0v) is 25.5. The standard InChI is InChI=1S/C36H44N4O3/c1-3-5-14-33-38-31-20-19-28(39-36(21-10-7-11-22-36)35(43)37-23-6-4-2)24-32(31)40(33)25-26-15-17-27(18-16-26)29-12-8-9-13-30(29)34(41)42/h8-9,12-13,15-20,24,39H,3-7,10-11,14,21-23,25H2,1-2H3,(H,37,43)(H,41,42). The lowest BCUT2D eigenvalue weighted by molar-refractivity contribution is -0.126. The Morgan fingerprint density at radius 1 is 0.930 bits per heavy atom. The molecule has 0 unspecified atom stereocenters. The molecule has 0 bridgehead atoms. The average Bonchev–Trinajstić information content (AvgIpc) is 3.37. The van der Waals surface area contributed by atoms with Crippen LogP contribution in [0.3, 0.4) is 0 Å². The van der Waals surface area contributed by atoms with Gasteiger partial charge in [0.05, 0.1) is 16.6 Å². The molecule has 3 N–H and O–H groups in total. The number of nitrogens with one attached hydrogen (secondary N) is 2. The summed E-state index contributed by atoms with van der Waals surface area (Å²) in [4.78, 5) is 30.2. The number of carboxylic acids is 1. The first-order valence-electron chi connectivity index (χ1n) is 15.9. The molecular formula is C36H44N4O3. The SMILES string of the molecule is CCCCNC(=O)C1(Nc2ccc3nc(CCCC)n(Cc4ccc(-c5ccccc5C(=O)O)cc4)c3c2)CCCCC1. The number of benzene rings is 3. The largest absolute Gasteiger partial charge is 0.478 e. The molecule has 0 spiro atoms. The van der Waals surface area contributed by atoms with Crippen molar-refractivity contribution in [2.45, 2.75) is 90.1 Å². The van der Waals surface area contributed by atoms with Crippen molar-refractivity contribution in [3.05, 3.63) is 83.7 Å². The van der Waals surface area contributed by atoms with Crippen molar-refractivity contribution in [3.63, 3.8) is 0 Å². The van der Waals surface area contributed by atoms with Crippen LogP contribution in [0, 0.1) is 0 Å². The lowest BCUT2D eigenvalue weighted by atomic mass is 9.80. The average molecular weight is 581 g/mol. The number of amides is 1. The molecule has 4 aromatic rings. The van der Waals surface area contributed by atoms with Gasteiger partial charge >= 0.3 is 5.97 Å². The Kier molecular flexibility index (Phi) is 9.80. The summed E-state index contributed by atoms with van der Waals surface area (Å²) in [5.41, 5.74) is 5.37. The van der Waals surface area contributed by atoms with Crippen LogP contribution in [-0.4, -0.2) is 38.6 Å². The number of fused-ring (bicyclic) bond motifs is 1. The van der Waals surface area contributed by atoms with Crippen LogP contribution >= 0.6 is 0 Å². The number of rotatable bonds is 13. The molecular weight excluding hydrogens is 536 g/mol. The highest BCUT2D eigenvalue weighted by Gasteiger charge is 2.39. The van der Waals surface area contributed by atoms with Gasteiger partial charge in [-0.3, -0.25) is 4.79 Å². The summed E-state index contributed by atoms with van der Waals surface area (Å²) in [5, 5.41) is 16.5. The van der Waals surface area contributed by atoms with Gasteiger partial charge in [-0.25, -0.2) is 9.78 Å². The van der Waals surface area contributed by atoms with E-state index in [1.807, 2.05) is 24.3 Å². The van der Waals surface area contributed by atoms with Crippen LogP contribution in [0.5, 0.6) is 0 Å². The second kappa shape index (κ2) is 13.9. The topological polar surface area (TPSA) is 96.3 Å². The monoisotopic (exact) mass is 580 g/mol. The first-order valence-corrected chi connectivity index (χ1v) is 15.9. The van der Waals surface area contributed by atoms with Gasteiger partial charge in [-0.2, -0.15) is 0 Å². The minimum Gasteiger partial charge on any atom is -0.478 e. The van der Waals surface area contributed by atoms with E-state index < -0.39 is 11.5 Å². The predicted molar refractivity (Wildman–Crippen MR) is 174 cm³/mol. The number of unbranched alkanes of at least 4 members (excludes halogenated alkanes) is 2. The van der Waals surface area contributed by atoms with Gasteiger partial charge in [0.1, 0.15) is 11.4 Å². The maximum atomic E-state index is 13.5. The van der Waals surface area contributed by atoms with E-state index in [4.69, 9.17) is 4.98 Å². The van der Waals surface area contributed by atoms with Crippen LogP contribution in [0.4, 0.5) is 5.69 Å². The fourth-order valence-corrected chi connectivity index (χ4v) is 6.23. The molecule has 0 aliphatic heterocycles. The molecule has 1 aliphatic rings. The fourth-order valence-electron chi connectivity index (χ4n) is 6.23. The maximum Gasteiger partial charge on any atom is 0.336 e. The third kappa shape index (κ3) is 6.93. The number of aryl methyl sites for hydroxylation is 1. The smallest absolute Gasteiger partial charge is 0.336 e. The fraction of sp³-hybridized carbons (Fsp3) is 0.417. The van der Waals surface area contributed by atoms with Gasteiger partial charge in [0, 0.05) is 25.2 Å². The summed E-state index contributed by atoms with van der Waals surface area (Å²) in [6, 6.07) is 21.5. The van der Waals surface area contributed by atoms with Gasteiger partial charge in [0.2, 0.25) is 5.91 Å². The lowest BCUT2D eigenvalue weighted by Gasteiger charge is -2.37. The zero-order valence-electron chi connectivity index (χ0n) is 25.5. The third-order valence-corrected chi connectivity index (χ3v) is 8.69. The van der Waals surface area contributed by atoms with Gasteiger partial charge in [0.15, 0.2) is 0 Å². The zero-order chi connectivity index (χ0) is 30.2. The van der Waals surface area contributed by atoms with E-state index >= 15 is 0 Å². The number of aromatic nitrogens is 2. The minimum atomic E-state index is -0.928. The molecule has 3 aromatic carbocycles. The highest BCUT2D eigenvalue weighted by Crippen LogP contribution is 2.34. The van der Waals surface area contributed by atoms with Crippen molar-refractivity contribution in [1.29, 1.82) is 0 Å².